The first-order valence-electron chi connectivity index (χ1n) is 6.70. The van der Waals surface area contributed by atoms with E-state index in [2.05, 4.69) is 50.4 Å². The number of nitrogens with two attached hydrogens (primary N) is 1. The lowest BCUT2D eigenvalue weighted by molar-refractivity contribution is 0.0882. The molecule has 1 aliphatic rings. The predicted octanol–water partition coefficient (Wildman–Crippen LogP) is 2.15. The minimum atomic E-state index is 0.0372. The number of hydrogen-bond acceptors (Lipinski definition) is 3. The van der Waals surface area contributed by atoms with Crippen molar-refractivity contribution in [2.45, 2.75) is 44.9 Å². The van der Waals surface area contributed by atoms with Crippen LogP contribution in [-0.4, -0.2) is 24.8 Å². The molecule has 18 heavy (non-hydrogen) atoms. The molecular formula is C15H24N2O. The van der Waals surface area contributed by atoms with Gasteiger partial charge in [0.2, 0.25) is 0 Å². The van der Waals surface area contributed by atoms with Gasteiger partial charge in [-0.05, 0) is 32.8 Å². The van der Waals surface area contributed by atoms with Crippen LogP contribution >= 0.6 is 0 Å². The summed E-state index contributed by atoms with van der Waals surface area (Å²) in [5.41, 5.74) is 8.73. The van der Waals surface area contributed by atoms with Crippen molar-refractivity contribution in [3.05, 3.63) is 35.4 Å². The van der Waals surface area contributed by atoms with E-state index in [1.54, 1.807) is 0 Å². The molecule has 1 heterocycles. The van der Waals surface area contributed by atoms with Crippen molar-refractivity contribution in [2.24, 2.45) is 5.73 Å². The Morgan fingerprint density at radius 3 is 2.67 bits per heavy atom. The molecule has 1 fully saturated rings. The highest BCUT2D eigenvalue weighted by molar-refractivity contribution is 5.24. The van der Waals surface area contributed by atoms with E-state index in [9.17, 15) is 0 Å². The van der Waals surface area contributed by atoms with Crippen molar-refractivity contribution in [3.8, 4) is 0 Å². The van der Waals surface area contributed by atoms with Crippen LogP contribution < -0.4 is 11.1 Å². The zero-order valence-corrected chi connectivity index (χ0v) is 11.6. The van der Waals surface area contributed by atoms with Gasteiger partial charge in [-0.1, -0.05) is 29.8 Å². The summed E-state index contributed by atoms with van der Waals surface area (Å²) in [5.74, 6) is 0. The van der Waals surface area contributed by atoms with E-state index in [-0.39, 0.29) is 17.7 Å². The zero-order chi connectivity index (χ0) is 13.2. The fourth-order valence-corrected chi connectivity index (χ4v) is 2.34. The Labute approximate surface area is 110 Å². The van der Waals surface area contributed by atoms with Crippen molar-refractivity contribution in [2.75, 3.05) is 13.2 Å². The summed E-state index contributed by atoms with van der Waals surface area (Å²) in [6.07, 6.45) is 1.30. The molecule has 0 amide bonds. The van der Waals surface area contributed by atoms with Crippen molar-refractivity contribution in [1.29, 1.82) is 0 Å². The van der Waals surface area contributed by atoms with Gasteiger partial charge in [0, 0.05) is 24.7 Å². The smallest absolute Gasteiger partial charge is 0.0726 e. The van der Waals surface area contributed by atoms with Crippen LogP contribution in [0.15, 0.2) is 24.3 Å². The van der Waals surface area contributed by atoms with Gasteiger partial charge >= 0.3 is 0 Å². The summed E-state index contributed by atoms with van der Waals surface area (Å²) >= 11 is 0. The van der Waals surface area contributed by atoms with Crippen molar-refractivity contribution in [3.63, 3.8) is 0 Å². The van der Waals surface area contributed by atoms with Gasteiger partial charge in [0.05, 0.1) is 6.10 Å². The summed E-state index contributed by atoms with van der Waals surface area (Å²) in [5, 5.41) is 3.57. The summed E-state index contributed by atoms with van der Waals surface area (Å²) < 4.78 is 5.62. The molecule has 3 nitrogen and oxygen atoms in total. The van der Waals surface area contributed by atoms with Crippen LogP contribution in [0.4, 0.5) is 0 Å². The number of rotatable bonds is 4. The lowest BCUT2D eigenvalue weighted by Crippen LogP contribution is -2.50. The highest BCUT2D eigenvalue weighted by Crippen LogP contribution is 2.25. The third-order valence-corrected chi connectivity index (χ3v) is 4.12. The fourth-order valence-electron chi connectivity index (χ4n) is 2.34. The monoisotopic (exact) mass is 248 g/mol. The van der Waals surface area contributed by atoms with Gasteiger partial charge in [0.1, 0.15) is 0 Å². The van der Waals surface area contributed by atoms with Crippen molar-refractivity contribution >= 4 is 0 Å². The molecule has 0 radical (unpaired) electrons. The Bertz CT molecular complexity index is 390. The quantitative estimate of drug-likeness (QED) is 0.858. The first-order chi connectivity index (χ1) is 8.51. The molecule has 3 N–H and O–H groups in total. The average Bonchev–Trinajstić information content (AvgIpc) is 2.68. The predicted molar refractivity (Wildman–Crippen MR) is 74.5 cm³/mol. The summed E-state index contributed by atoms with van der Waals surface area (Å²) in [6, 6.07) is 8.48. The second-order valence-electron chi connectivity index (χ2n) is 5.58. The van der Waals surface area contributed by atoms with Gasteiger partial charge in [0.25, 0.3) is 0 Å². The standard InChI is InChI=1S/C15H24N2O/c1-11-4-6-13(7-5-11)14(16)10-17-15(3)8-9-18-12(15)2/h4-7,12,14,17H,8-10,16H2,1-3H3. The second kappa shape index (κ2) is 5.39. The van der Waals surface area contributed by atoms with Crippen LogP contribution in [-0.2, 0) is 4.74 Å². The first-order valence-corrected chi connectivity index (χ1v) is 6.70. The van der Waals surface area contributed by atoms with Crippen LogP contribution in [0.3, 0.4) is 0 Å². The molecule has 1 aliphatic heterocycles. The number of nitrogens with one attached hydrogen (secondary N) is 1. The minimum absolute atomic E-state index is 0.0372. The Balaban J connectivity index is 1.92. The third-order valence-electron chi connectivity index (χ3n) is 4.12. The van der Waals surface area contributed by atoms with E-state index in [1.165, 1.54) is 11.1 Å². The van der Waals surface area contributed by atoms with Crippen LogP contribution in [0.5, 0.6) is 0 Å². The molecular weight excluding hydrogens is 224 g/mol. The molecule has 0 bridgehead atoms. The second-order valence-corrected chi connectivity index (χ2v) is 5.58. The molecule has 0 aromatic heterocycles. The third kappa shape index (κ3) is 2.91. The first kappa shape index (κ1) is 13.5. The zero-order valence-electron chi connectivity index (χ0n) is 11.6. The average molecular weight is 248 g/mol. The highest BCUT2D eigenvalue weighted by atomic mass is 16.5. The maximum absolute atomic E-state index is 6.22. The molecule has 1 aromatic rings. The van der Waals surface area contributed by atoms with E-state index in [4.69, 9.17) is 10.5 Å². The molecule has 1 aromatic carbocycles. The summed E-state index contributed by atoms with van der Waals surface area (Å²) in [6.45, 7) is 8.05. The van der Waals surface area contributed by atoms with Crippen molar-refractivity contribution in [1.82, 2.24) is 5.32 Å². The summed E-state index contributed by atoms with van der Waals surface area (Å²) in [7, 11) is 0. The number of aryl methyl sites for hydroxylation is 1. The Hall–Kier alpha value is -0.900. The van der Waals surface area contributed by atoms with Crippen LogP contribution in [0.1, 0.15) is 37.4 Å². The van der Waals surface area contributed by atoms with E-state index >= 15 is 0 Å². The van der Waals surface area contributed by atoms with Gasteiger partial charge in [0.15, 0.2) is 0 Å². The topological polar surface area (TPSA) is 47.3 Å². The van der Waals surface area contributed by atoms with E-state index < -0.39 is 0 Å². The molecule has 100 valence electrons. The fraction of sp³-hybridized carbons (Fsp3) is 0.600. The molecule has 3 heteroatoms. The van der Waals surface area contributed by atoms with Gasteiger partial charge in [-0.2, -0.15) is 0 Å². The molecule has 3 atom stereocenters. The van der Waals surface area contributed by atoms with Crippen LogP contribution in [0.25, 0.3) is 0 Å². The van der Waals surface area contributed by atoms with Crippen LogP contribution in [0, 0.1) is 6.92 Å². The van der Waals surface area contributed by atoms with Gasteiger partial charge < -0.3 is 15.8 Å². The molecule has 0 spiro atoms. The Morgan fingerprint density at radius 2 is 2.11 bits per heavy atom. The van der Waals surface area contributed by atoms with Gasteiger partial charge in [-0.3, -0.25) is 0 Å². The van der Waals surface area contributed by atoms with Gasteiger partial charge in [-0.25, -0.2) is 0 Å². The van der Waals surface area contributed by atoms with Crippen LogP contribution in [0.2, 0.25) is 0 Å². The largest absolute Gasteiger partial charge is 0.377 e. The van der Waals surface area contributed by atoms with E-state index in [0.717, 1.165) is 19.6 Å². The Morgan fingerprint density at radius 1 is 1.44 bits per heavy atom. The normalized spacial score (nSPS) is 29.4. The lowest BCUT2D eigenvalue weighted by atomic mass is 9.94. The number of ether oxygens (including phenoxy) is 1. The van der Waals surface area contributed by atoms with E-state index in [1.807, 2.05) is 0 Å². The molecule has 0 saturated carbocycles. The van der Waals surface area contributed by atoms with Crippen molar-refractivity contribution < 1.29 is 4.74 Å². The lowest BCUT2D eigenvalue weighted by Gasteiger charge is -2.30. The van der Waals surface area contributed by atoms with E-state index in [0.29, 0.717) is 0 Å². The maximum Gasteiger partial charge on any atom is 0.0726 e. The summed E-state index contributed by atoms with van der Waals surface area (Å²) in [4.78, 5) is 0. The number of hydrogen-bond donors (Lipinski definition) is 2. The maximum atomic E-state index is 6.22. The molecule has 3 unspecified atom stereocenters. The molecule has 0 aliphatic carbocycles. The molecule has 1 saturated heterocycles. The molecule has 2 rings (SSSR count). The minimum Gasteiger partial charge on any atom is -0.377 e. The van der Waals surface area contributed by atoms with Gasteiger partial charge in [-0.15, -0.1) is 0 Å². The highest BCUT2D eigenvalue weighted by Gasteiger charge is 2.36. The Kier molecular flexibility index (Phi) is 4.05. The SMILES string of the molecule is Cc1ccc(C(N)CNC2(C)CCOC2C)cc1. The number of benzene rings is 1.